The fraction of sp³-hybridized carbons (Fsp3) is 0.500. The Balaban J connectivity index is 1.72. The zero-order chi connectivity index (χ0) is 47.9. The van der Waals surface area contributed by atoms with Crippen molar-refractivity contribution >= 4 is 47.7 Å². The third-order valence-corrected chi connectivity index (χ3v) is 10.2. The highest BCUT2D eigenvalue weighted by molar-refractivity contribution is 6.00. The molecule has 65 heavy (non-hydrogen) atoms. The van der Waals surface area contributed by atoms with Crippen molar-refractivity contribution < 1.29 is 62.0 Å². The third-order valence-electron chi connectivity index (χ3n) is 10.2. The first kappa shape index (κ1) is 52.6. The van der Waals surface area contributed by atoms with E-state index in [0.717, 1.165) is 36.8 Å². The smallest absolute Gasteiger partial charge is 0.363 e. The highest BCUT2D eigenvalue weighted by Crippen LogP contribution is 2.30. The third kappa shape index (κ3) is 16.1. The molecule has 1 aromatic heterocycles. The molecule has 3 aromatic rings. The minimum atomic E-state index is -1.31. The maximum absolute atomic E-state index is 13.7. The van der Waals surface area contributed by atoms with Crippen LogP contribution in [0.3, 0.4) is 0 Å². The van der Waals surface area contributed by atoms with E-state index in [1.54, 1.807) is 19.9 Å². The summed E-state index contributed by atoms with van der Waals surface area (Å²) in [6.45, 7) is 11.0. The highest BCUT2D eigenvalue weighted by Gasteiger charge is 2.34. The monoisotopic (exact) mass is 907 g/mol. The number of nitrogens with zero attached hydrogens (tertiary/aromatic N) is 2. The molecule has 0 saturated carbocycles. The van der Waals surface area contributed by atoms with Crippen LogP contribution in [-0.2, 0) is 33.5 Å². The molecule has 0 aliphatic carbocycles. The minimum absolute atomic E-state index is 0.00776. The molecule has 3 atom stereocenters. The number of hydrogen-bond donors (Lipinski definition) is 3. The van der Waals surface area contributed by atoms with Crippen molar-refractivity contribution in [3.05, 3.63) is 81.1 Å². The Kier molecular flexibility index (Phi) is 22.2. The largest absolute Gasteiger partial charge is 0.493 e. The molecule has 4 amide bonds. The van der Waals surface area contributed by atoms with E-state index in [1.165, 1.54) is 43.3 Å². The lowest BCUT2D eigenvalue weighted by Gasteiger charge is -2.32. The second-order valence-corrected chi connectivity index (χ2v) is 15.0. The van der Waals surface area contributed by atoms with Crippen LogP contribution in [0.4, 0.5) is 5.69 Å². The van der Waals surface area contributed by atoms with Crippen LogP contribution in [0.1, 0.15) is 136 Å². The number of nitro groups is 1. The summed E-state index contributed by atoms with van der Waals surface area (Å²) in [6.07, 6.45) is 5.53. The lowest BCUT2D eigenvalue weighted by atomic mass is 9.90. The molecule has 19 nitrogen and oxygen atoms in total. The van der Waals surface area contributed by atoms with E-state index in [0.29, 0.717) is 37.7 Å². The molecule has 0 fully saturated rings. The molecule has 354 valence electrons. The van der Waals surface area contributed by atoms with E-state index < -0.39 is 65.0 Å². The molecule has 0 saturated heterocycles. The number of carbonyl (C=O) groups excluding carboxylic acids is 7. The van der Waals surface area contributed by atoms with Crippen molar-refractivity contribution in [3.63, 3.8) is 0 Å². The first-order valence-electron chi connectivity index (χ1n) is 22.0. The van der Waals surface area contributed by atoms with Gasteiger partial charge >= 0.3 is 17.9 Å². The number of rotatable bonds is 29. The normalized spacial score (nSPS) is 12.2. The van der Waals surface area contributed by atoms with Crippen LogP contribution in [0.15, 0.2) is 52.9 Å². The Morgan fingerprint density at radius 3 is 2.15 bits per heavy atom. The summed E-state index contributed by atoms with van der Waals surface area (Å²) in [5, 5.41) is 19.8. The summed E-state index contributed by atoms with van der Waals surface area (Å²) in [5.74, 6) is -4.81. The molecule has 0 unspecified atom stereocenters. The quantitative estimate of drug-likeness (QED) is 0.0163. The van der Waals surface area contributed by atoms with Gasteiger partial charge in [-0.1, -0.05) is 65.9 Å². The molecule has 0 aliphatic rings. The van der Waals surface area contributed by atoms with Gasteiger partial charge in [0.1, 0.15) is 17.6 Å². The average molecular weight is 908 g/mol. The highest BCUT2D eigenvalue weighted by atomic mass is 16.7. The fourth-order valence-corrected chi connectivity index (χ4v) is 6.64. The number of hydroxylamine groups is 2. The number of aryl methyl sites for hydroxylation is 1. The summed E-state index contributed by atoms with van der Waals surface area (Å²) in [7, 11) is 0. The molecule has 2 aromatic carbocycles. The van der Waals surface area contributed by atoms with Gasteiger partial charge in [0.25, 0.3) is 17.5 Å². The molecule has 0 spiro atoms. The number of amides is 4. The molecule has 0 aliphatic heterocycles. The predicted molar refractivity (Wildman–Crippen MR) is 236 cm³/mol. The Morgan fingerprint density at radius 2 is 1.52 bits per heavy atom. The van der Waals surface area contributed by atoms with Gasteiger partial charge in [-0.15, -0.1) is 0 Å². The van der Waals surface area contributed by atoms with Crippen LogP contribution in [0.5, 0.6) is 5.75 Å². The van der Waals surface area contributed by atoms with Crippen LogP contribution in [0, 0.1) is 23.0 Å². The summed E-state index contributed by atoms with van der Waals surface area (Å²) in [4.78, 5) is 107. The van der Waals surface area contributed by atoms with Gasteiger partial charge in [-0.25, -0.2) is 9.59 Å². The van der Waals surface area contributed by atoms with Crippen molar-refractivity contribution in [3.8, 4) is 17.1 Å². The number of non-ortho nitro benzene ring substituents is 1. The van der Waals surface area contributed by atoms with Crippen molar-refractivity contribution in [1.29, 1.82) is 0 Å². The lowest BCUT2D eigenvalue weighted by molar-refractivity contribution is -0.384. The number of benzene rings is 2. The number of nitro benzene ring substituents is 1. The lowest BCUT2D eigenvalue weighted by Crippen LogP contribution is -2.49. The molecule has 0 radical (unpaired) electrons. The van der Waals surface area contributed by atoms with Crippen LogP contribution in [0.25, 0.3) is 11.3 Å². The van der Waals surface area contributed by atoms with Gasteiger partial charge in [0.05, 0.1) is 60.9 Å². The van der Waals surface area contributed by atoms with E-state index in [-0.39, 0.29) is 72.6 Å². The number of esters is 2. The molecule has 3 rings (SSSR count). The summed E-state index contributed by atoms with van der Waals surface area (Å²) in [5.41, 5.74) is 0.560. The van der Waals surface area contributed by atoms with Gasteiger partial charge < -0.3 is 39.4 Å². The second kappa shape index (κ2) is 27.4. The minimum Gasteiger partial charge on any atom is -0.493 e. The zero-order valence-corrected chi connectivity index (χ0v) is 37.9. The zero-order valence-electron chi connectivity index (χ0n) is 37.9. The number of nitrogens with one attached hydrogen (secondary N) is 3. The van der Waals surface area contributed by atoms with Gasteiger partial charge in [0, 0.05) is 17.7 Å². The van der Waals surface area contributed by atoms with E-state index in [1.807, 2.05) is 20.8 Å². The Hall–Kier alpha value is -6.79. The number of hydrogen-bond acceptors (Lipinski definition) is 14. The van der Waals surface area contributed by atoms with Crippen molar-refractivity contribution in [2.24, 2.45) is 5.92 Å². The van der Waals surface area contributed by atoms with Crippen molar-refractivity contribution in [1.82, 2.24) is 21.0 Å². The fourth-order valence-electron chi connectivity index (χ4n) is 6.64. The van der Waals surface area contributed by atoms with Crippen molar-refractivity contribution in [2.75, 3.05) is 26.5 Å². The summed E-state index contributed by atoms with van der Waals surface area (Å²) in [6, 6.07) is 8.90. The van der Waals surface area contributed by atoms with Gasteiger partial charge in [-0.05, 0) is 75.4 Å². The maximum Gasteiger partial charge on any atom is 0.363 e. The predicted octanol–water partition coefficient (Wildman–Crippen LogP) is 6.75. The molecule has 19 heteroatoms. The summed E-state index contributed by atoms with van der Waals surface area (Å²) < 4.78 is 22.1. The van der Waals surface area contributed by atoms with Crippen molar-refractivity contribution in [2.45, 2.75) is 118 Å². The van der Waals surface area contributed by atoms with E-state index >= 15 is 0 Å². The van der Waals surface area contributed by atoms with E-state index in [2.05, 4.69) is 16.0 Å². The Labute approximate surface area is 378 Å². The molecular formula is C46H61N5O14. The van der Waals surface area contributed by atoms with Gasteiger partial charge in [-0.2, -0.15) is 5.06 Å². The van der Waals surface area contributed by atoms with Gasteiger partial charge in [-0.3, -0.25) is 34.1 Å². The average Bonchev–Trinajstić information content (AvgIpc) is 3.79. The van der Waals surface area contributed by atoms with Crippen LogP contribution >= 0.6 is 0 Å². The van der Waals surface area contributed by atoms with Crippen LogP contribution < -0.4 is 20.7 Å². The van der Waals surface area contributed by atoms with Gasteiger partial charge in [0.2, 0.25) is 12.3 Å². The van der Waals surface area contributed by atoms with E-state index in [9.17, 15) is 43.7 Å². The molecule has 0 bridgehead atoms. The number of unbranched alkanes of at least 4 members (excludes halogenated alkanes) is 4. The molecular weight excluding hydrogens is 847 g/mol. The molecule has 3 N–H and O–H groups in total. The first-order chi connectivity index (χ1) is 31.2. The van der Waals surface area contributed by atoms with Gasteiger partial charge in [0.15, 0.2) is 5.76 Å². The number of ether oxygens (including phenoxy) is 3. The molecule has 1 heterocycles. The standard InChI is InChI=1S/C46H61N5O14/c1-7-12-15-16-34(37(10-4)50(29-52)65-45(57)33-20-18-32(51(59)60)25-30(33)6)42(54)47-28-48-44(56)39-22-21-38(64-39)31-17-19-35(40(26-31)61-11-5)43(55)49-36(46(58)63-24-14-9-3)27-41(53)62-23-13-8-2/h17-22,25-26,29,34,36-37H,7-16,23-24,27-28H2,1-6H3,(H,47,54)(H,48,56)(H,49,55)/t34-,36+,37-/m1/s1. The SMILES string of the molecule is CCCCC[C@@H](C(=O)NCNC(=O)c1ccc(-c2ccc(C(=O)N[C@@H](CC(=O)OCCCC)C(=O)OCCCC)c(OCC)c2)o1)[C@@H](CC)N(C=O)OC(=O)c1ccc([N+](=O)[O-])cc1C. The second-order valence-electron chi connectivity index (χ2n) is 15.0. The van der Waals surface area contributed by atoms with Crippen LogP contribution in [0.2, 0.25) is 0 Å². The Bertz CT molecular complexity index is 2100. The number of furan rings is 1. The number of carbonyl (C=O) groups is 7. The van der Waals surface area contributed by atoms with Crippen LogP contribution in [-0.4, -0.2) is 90.6 Å². The summed E-state index contributed by atoms with van der Waals surface area (Å²) >= 11 is 0. The Morgan fingerprint density at radius 1 is 0.831 bits per heavy atom. The van der Waals surface area contributed by atoms with E-state index in [4.69, 9.17) is 23.5 Å². The maximum atomic E-state index is 13.7. The first-order valence-corrected chi connectivity index (χ1v) is 22.0. The topological polar surface area (TPSA) is 252 Å².